The van der Waals surface area contributed by atoms with E-state index in [0.717, 1.165) is 0 Å². The molecule has 82 valence electrons. The molecule has 16 heavy (non-hydrogen) atoms. The molecule has 0 saturated heterocycles. The molecule has 0 aliphatic carbocycles. The van der Waals surface area contributed by atoms with E-state index >= 15 is 0 Å². The molecule has 0 saturated carbocycles. The zero-order chi connectivity index (χ0) is 11.7. The van der Waals surface area contributed by atoms with Gasteiger partial charge < -0.3 is 16.0 Å². The first kappa shape index (κ1) is 10.4. The Morgan fingerprint density at radius 1 is 1.31 bits per heavy atom. The van der Waals surface area contributed by atoms with Gasteiger partial charge in [-0.3, -0.25) is 9.59 Å². The van der Waals surface area contributed by atoms with Crippen LogP contribution in [0.15, 0.2) is 35.3 Å². The smallest absolute Gasteiger partial charge is 0.248 e. The van der Waals surface area contributed by atoms with Crippen LogP contribution in [0.3, 0.4) is 0 Å². The Hall–Kier alpha value is -2.14. The number of aromatic nitrogens is 1. The van der Waals surface area contributed by atoms with Gasteiger partial charge in [0.25, 0.3) is 0 Å². The van der Waals surface area contributed by atoms with Crippen LogP contribution in [0.5, 0.6) is 0 Å². The highest BCUT2D eigenvalue weighted by Gasteiger charge is 2.06. The number of hydrogen-bond donors (Lipinski definition) is 2. The molecule has 0 fully saturated rings. The third-order valence-electron chi connectivity index (χ3n) is 2.46. The fourth-order valence-corrected chi connectivity index (χ4v) is 1.62. The normalized spacial score (nSPS) is 10.6. The number of fused-ring (bicyclic) bond motifs is 1. The SMILES string of the molecule is NCn1ccc(=O)c2cc(C(N)=O)ccc21. The summed E-state index contributed by atoms with van der Waals surface area (Å²) in [5.41, 5.74) is 11.5. The van der Waals surface area contributed by atoms with E-state index in [9.17, 15) is 9.59 Å². The van der Waals surface area contributed by atoms with Crippen molar-refractivity contribution in [1.29, 1.82) is 0 Å². The van der Waals surface area contributed by atoms with Crippen molar-refractivity contribution in [3.8, 4) is 0 Å². The molecule has 5 nitrogen and oxygen atoms in total. The van der Waals surface area contributed by atoms with Crippen LogP contribution in [0.2, 0.25) is 0 Å². The van der Waals surface area contributed by atoms with Gasteiger partial charge in [-0.2, -0.15) is 0 Å². The molecular weight excluding hydrogens is 206 g/mol. The van der Waals surface area contributed by atoms with Crippen LogP contribution in [0.1, 0.15) is 10.4 Å². The summed E-state index contributed by atoms with van der Waals surface area (Å²) in [6.45, 7) is 0.271. The number of pyridine rings is 1. The molecule has 0 radical (unpaired) electrons. The van der Waals surface area contributed by atoms with Crippen LogP contribution in [0, 0.1) is 0 Å². The molecule has 1 aromatic carbocycles. The second-order valence-corrected chi connectivity index (χ2v) is 3.43. The maximum Gasteiger partial charge on any atom is 0.248 e. The average Bonchev–Trinajstić information content (AvgIpc) is 2.29. The van der Waals surface area contributed by atoms with Gasteiger partial charge in [0, 0.05) is 23.2 Å². The van der Waals surface area contributed by atoms with Crippen LogP contribution in [-0.4, -0.2) is 10.5 Å². The summed E-state index contributed by atoms with van der Waals surface area (Å²) >= 11 is 0. The highest BCUT2D eigenvalue weighted by atomic mass is 16.1. The molecule has 0 aliphatic heterocycles. The van der Waals surface area contributed by atoms with Crippen molar-refractivity contribution >= 4 is 16.8 Å². The van der Waals surface area contributed by atoms with Crippen LogP contribution < -0.4 is 16.9 Å². The summed E-state index contributed by atoms with van der Waals surface area (Å²) in [6.07, 6.45) is 1.62. The van der Waals surface area contributed by atoms with Gasteiger partial charge in [-0.15, -0.1) is 0 Å². The van der Waals surface area contributed by atoms with Gasteiger partial charge in [-0.25, -0.2) is 0 Å². The fourth-order valence-electron chi connectivity index (χ4n) is 1.62. The first-order chi connectivity index (χ1) is 7.63. The first-order valence-electron chi connectivity index (χ1n) is 4.76. The number of carbonyl (C=O) groups is 1. The van der Waals surface area contributed by atoms with E-state index in [4.69, 9.17) is 11.5 Å². The Bertz CT molecular complexity index is 616. The van der Waals surface area contributed by atoms with Crippen molar-refractivity contribution in [2.24, 2.45) is 11.5 Å². The number of nitrogens with two attached hydrogens (primary N) is 2. The molecule has 0 aliphatic rings. The Balaban J connectivity index is 2.83. The van der Waals surface area contributed by atoms with Crippen molar-refractivity contribution in [1.82, 2.24) is 4.57 Å². The maximum absolute atomic E-state index is 11.6. The summed E-state index contributed by atoms with van der Waals surface area (Å²) in [7, 11) is 0. The van der Waals surface area contributed by atoms with Gasteiger partial charge >= 0.3 is 0 Å². The van der Waals surface area contributed by atoms with E-state index in [1.54, 1.807) is 22.9 Å². The highest BCUT2D eigenvalue weighted by molar-refractivity contribution is 5.96. The van der Waals surface area contributed by atoms with Crippen molar-refractivity contribution < 1.29 is 4.79 Å². The molecule has 5 heteroatoms. The predicted molar refractivity (Wildman–Crippen MR) is 60.9 cm³/mol. The molecule has 4 N–H and O–H groups in total. The molecule has 2 aromatic rings. The Labute approximate surface area is 91.3 Å². The number of nitrogens with zero attached hydrogens (tertiary/aromatic N) is 1. The van der Waals surface area contributed by atoms with Gasteiger partial charge in [-0.1, -0.05) is 0 Å². The van der Waals surface area contributed by atoms with E-state index in [0.29, 0.717) is 16.5 Å². The fraction of sp³-hybridized carbons (Fsp3) is 0.0909. The molecule has 1 amide bonds. The predicted octanol–water partition coefficient (Wildman–Crippen LogP) is 0.0166. The minimum atomic E-state index is -0.551. The average molecular weight is 217 g/mol. The summed E-state index contributed by atoms with van der Waals surface area (Å²) in [5, 5.41) is 0.448. The molecule has 0 spiro atoms. The molecular formula is C11H11N3O2. The quantitative estimate of drug-likeness (QED) is 0.742. The monoisotopic (exact) mass is 217 g/mol. The molecule has 2 rings (SSSR count). The van der Waals surface area contributed by atoms with E-state index in [1.807, 2.05) is 0 Å². The van der Waals surface area contributed by atoms with E-state index in [2.05, 4.69) is 0 Å². The third kappa shape index (κ3) is 1.57. The van der Waals surface area contributed by atoms with Gasteiger partial charge in [0.05, 0.1) is 12.2 Å². The lowest BCUT2D eigenvalue weighted by Gasteiger charge is -2.07. The third-order valence-corrected chi connectivity index (χ3v) is 2.46. The second kappa shape index (κ2) is 3.79. The minimum absolute atomic E-state index is 0.150. The maximum atomic E-state index is 11.6. The summed E-state index contributed by atoms with van der Waals surface area (Å²) in [6, 6.07) is 6.16. The van der Waals surface area contributed by atoms with Gasteiger partial charge in [0.15, 0.2) is 5.43 Å². The van der Waals surface area contributed by atoms with Crippen LogP contribution >= 0.6 is 0 Å². The van der Waals surface area contributed by atoms with Gasteiger partial charge in [0.1, 0.15) is 0 Å². The van der Waals surface area contributed by atoms with E-state index < -0.39 is 5.91 Å². The van der Waals surface area contributed by atoms with E-state index in [-0.39, 0.29) is 12.1 Å². The number of rotatable bonds is 2. The first-order valence-corrected chi connectivity index (χ1v) is 4.76. The van der Waals surface area contributed by atoms with Crippen molar-refractivity contribution in [2.75, 3.05) is 0 Å². The van der Waals surface area contributed by atoms with Crippen LogP contribution in [0.25, 0.3) is 10.9 Å². The summed E-state index contributed by atoms with van der Waals surface area (Å²) in [5.74, 6) is -0.551. The van der Waals surface area contributed by atoms with Crippen LogP contribution in [0.4, 0.5) is 0 Å². The Morgan fingerprint density at radius 3 is 2.69 bits per heavy atom. The molecule has 1 aromatic heterocycles. The lowest BCUT2D eigenvalue weighted by molar-refractivity contribution is 0.100. The topological polar surface area (TPSA) is 91.1 Å². The van der Waals surface area contributed by atoms with Crippen molar-refractivity contribution in [3.05, 3.63) is 46.2 Å². The molecule has 0 unspecified atom stereocenters. The van der Waals surface area contributed by atoms with E-state index in [1.165, 1.54) is 12.1 Å². The van der Waals surface area contributed by atoms with Gasteiger partial charge in [0.2, 0.25) is 5.91 Å². The standard InChI is InChI=1S/C11H11N3O2/c12-6-14-4-3-10(15)8-5-7(11(13)16)1-2-9(8)14/h1-5H,6,12H2,(H2,13,16). The summed E-state index contributed by atoms with van der Waals surface area (Å²) < 4.78 is 1.72. The Kier molecular flexibility index (Phi) is 2.46. The molecule has 0 atom stereocenters. The lowest BCUT2D eigenvalue weighted by Crippen LogP contribution is -2.15. The number of primary amides is 1. The van der Waals surface area contributed by atoms with Crippen molar-refractivity contribution in [2.45, 2.75) is 6.67 Å². The number of hydrogen-bond acceptors (Lipinski definition) is 3. The number of amides is 1. The minimum Gasteiger partial charge on any atom is -0.366 e. The molecule has 0 bridgehead atoms. The zero-order valence-electron chi connectivity index (χ0n) is 8.51. The zero-order valence-corrected chi connectivity index (χ0v) is 8.51. The number of benzene rings is 1. The lowest BCUT2D eigenvalue weighted by atomic mass is 10.1. The summed E-state index contributed by atoms with van der Waals surface area (Å²) in [4.78, 5) is 22.6. The van der Waals surface area contributed by atoms with Crippen molar-refractivity contribution in [3.63, 3.8) is 0 Å². The second-order valence-electron chi connectivity index (χ2n) is 3.43. The van der Waals surface area contributed by atoms with Gasteiger partial charge in [-0.05, 0) is 18.2 Å². The Morgan fingerprint density at radius 2 is 2.06 bits per heavy atom. The molecule has 1 heterocycles. The number of carbonyl (C=O) groups excluding carboxylic acids is 1. The largest absolute Gasteiger partial charge is 0.366 e. The van der Waals surface area contributed by atoms with Crippen LogP contribution in [-0.2, 0) is 6.67 Å². The highest BCUT2D eigenvalue weighted by Crippen LogP contribution is 2.12.